The molecule has 4 nitrogen and oxygen atoms in total. The number of ether oxygens (including phenoxy) is 1. The van der Waals surface area contributed by atoms with E-state index >= 15 is 0 Å². The number of hydrogen-bond donors (Lipinski definition) is 0. The summed E-state index contributed by atoms with van der Waals surface area (Å²) < 4.78 is 10.4. The normalized spacial score (nSPS) is 13.4. The highest BCUT2D eigenvalue weighted by Gasteiger charge is 2.26. The minimum Gasteiger partial charge on any atom is -1.00 e. The van der Waals surface area contributed by atoms with Crippen molar-refractivity contribution in [1.29, 1.82) is 0 Å². The monoisotopic (exact) mass is 467 g/mol. The smallest absolute Gasteiger partial charge is 0.262 e. The van der Waals surface area contributed by atoms with E-state index in [0.29, 0.717) is 0 Å². The number of methoxy groups -OCH3 is 1. The second-order valence-electron chi connectivity index (χ2n) is 7.79. The molecule has 5 heteroatoms. The molecule has 1 aliphatic rings. The van der Waals surface area contributed by atoms with E-state index in [1.165, 1.54) is 42.0 Å². The number of anilines is 1. The van der Waals surface area contributed by atoms with Gasteiger partial charge in [-0.25, -0.2) is 4.57 Å². The Balaban J connectivity index is 0.00000256. The molecule has 30 heavy (non-hydrogen) atoms. The number of imidazole rings is 1. The summed E-state index contributed by atoms with van der Waals surface area (Å²) in [7, 11) is 5.88. The number of rotatable bonds is 5. The lowest BCUT2D eigenvalue weighted by Gasteiger charge is -2.11. The van der Waals surface area contributed by atoms with Crippen LogP contribution in [0, 0.1) is 0 Å². The molecule has 0 saturated carbocycles. The highest BCUT2D eigenvalue weighted by molar-refractivity contribution is 5.69. The highest BCUT2D eigenvalue weighted by Crippen LogP contribution is 2.23. The third-order valence-electron chi connectivity index (χ3n) is 5.65. The molecule has 0 spiro atoms. The Morgan fingerprint density at radius 2 is 1.73 bits per heavy atom. The van der Waals surface area contributed by atoms with Crippen molar-refractivity contribution in [3.63, 3.8) is 0 Å². The van der Waals surface area contributed by atoms with E-state index in [1.807, 2.05) is 12.1 Å². The maximum Gasteiger partial charge on any atom is 0.262 e. The van der Waals surface area contributed by atoms with Crippen LogP contribution in [0.25, 0.3) is 17.8 Å². The van der Waals surface area contributed by atoms with Gasteiger partial charge in [-0.2, -0.15) is 4.57 Å². The molecule has 0 atom stereocenters. The Kier molecular flexibility index (Phi) is 7.38. The summed E-state index contributed by atoms with van der Waals surface area (Å²) in [4.78, 5) is 2.12. The van der Waals surface area contributed by atoms with Gasteiger partial charge in [0.1, 0.15) is 6.20 Å². The number of para-hydroxylation sites is 2. The first-order valence-electron chi connectivity index (χ1n) is 10.4. The van der Waals surface area contributed by atoms with Gasteiger partial charge in [-0.15, -0.1) is 0 Å². The predicted molar refractivity (Wildman–Crippen MR) is 120 cm³/mol. The summed E-state index contributed by atoms with van der Waals surface area (Å²) >= 11 is 0. The van der Waals surface area contributed by atoms with Crippen LogP contribution < -0.4 is 31.2 Å². The van der Waals surface area contributed by atoms with Crippen LogP contribution in [-0.2, 0) is 13.0 Å². The Hall–Kier alpha value is -2.53. The quantitative estimate of drug-likeness (QED) is 0.533. The van der Waals surface area contributed by atoms with Gasteiger partial charge >= 0.3 is 0 Å². The van der Waals surface area contributed by atoms with Gasteiger partial charge in [0.05, 0.1) is 13.7 Å². The van der Waals surface area contributed by atoms with E-state index in [0.717, 1.165) is 24.4 Å². The largest absolute Gasteiger partial charge is 1.00 e. The van der Waals surface area contributed by atoms with E-state index in [9.17, 15) is 0 Å². The van der Waals surface area contributed by atoms with Gasteiger partial charge in [-0.1, -0.05) is 30.3 Å². The molecule has 0 bridgehead atoms. The molecule has 0 aliphatic carbocycles. The van der Waals surface area contributed by atoms with Crippen LogP contribution in [0.5, 0.6) is 5.75 Å². The second kappa shape index (κ2) is 9.98. The molecule has 3 aromatic rings. The van der Waals surface area contributed by atoms with Crippen LogP contribution in [0.3, 0.4) is 0 Å². The molecule has 1 aromatic heterocycles. The lowest BCUT2D eigenvalue weighted by Crippen LogP contribution is -3.00. The van der Waals surface area contributed by atoms with Crippen LogP contribution >= 0.6 is 0 Å². The van der Waals surface area contributed by atoms with Crippen LogP contribution in [0.2, 0.25) is 0 Å². The first-order valence-corrected chi connectivity index (χ1v) is 10.4. The molecule has 0 N–H and O–H groups in total. The van der Waals surface area contributed by atoms with Crippen molar-refractivity contribution < 1.29 is 26.3 Å². The van der Waals surface area contributed by atoms with Gasteiger partial charge in [-0.05, 0) is 55.2 Å². The van der Waals surface area contributed by atoms with E-state index < -0.39 is 0 Å². The number of aromatic nitrogens is 2. The predicted octanol–water partition coefficient (Wildman–Crippen LogP) is 1.74. The maximum atomic E-state index is 5.64. The van der Waals surface area contributed by atoms with Crippen molar-refractivity contribution in [2.24, 2.45) is 0 Å². The SMILES string of the molecule is COc1ccccc1-[n+]1cc(/C=C/c2ccc(N(C)C)cc2)n2c1CCCCC2.[Br-]. The van der Waals surface area contributed by atoms with Gasteiger partial charge in [-0.3, -0.25) is 0 Å². The number of fused-ring (bicyclic) bond motifs is 1. The molecule has 0 unspecified atom stereocenters. The third-order valence-corrected chi connectivity index (χ3v) is 5.65. The molecule has 158 valence electrons. The third kappa shape index (κ3) is 4.62. The summed E-state index contributed by atoms with van der Waals surface area (Å²) in [6, 6.07) is 16.9. The van der Waals surface area contributed by atoms with Crippen molar-refractivity contribution in [2.75, 3.05) is 26.1 Å². The fourth-order valence-corrected chi connectivity index (χ4v) is 4.03. The van der Waals surface area contributed by atoms with Gasteiger partial charge in [0.15, 0.2) is 17.1 Å². The minimum absolute atomic E-state index is 0. The summed E-state index contributed by atoms with van der Waals surface area (Å²) in [6.07, 6.45) is 11.5. The summed E-state index contributed by atoms with van der Waals surface area (Å²) in [5.74, 6) is 2.26. The Morgan fingerprint density at radius 1 is 0.967 bits per heavy atom. The minimum atomic E-state index is 0. The Bertz CT molecular complexity index is 1010. The van der Waals surface area contributed by atoms with Crippen molar-refractivity contribution in [1.82, 2.24) is 4.57 Å². The summed E-state index contributed by atoms with van der Waals surface area (Å²) in [5, 5.41) is 0. The van der Waals surface area contributed by atoms with E-state index in [4.69, 9.17) is 4.74 Å². The van der Waals surface area contributed by atoms with Crippen molar-refractivity contribution in [3.05, 3.63) is 71.8 Å². The number of hydrogen-bond acceptors (Lipinski definition) is 2. The van der Waals surface area contributed by atoms with Gasteiger partial charge in [0.2, 0.25) is 0 Å². The lowest BCUT2D eigenvalue weighted by atomic mass is 10.2. The molecule has 1 aliphatic heterocycles. The van der Waals surface area contributed by atoms with Crippen LogP contribution in [0.4, 0.5) is 5.69 Å². The first kappa shape index (κ1) is 22.2. The Morgan fingerprint density at radius 3 is 2.47 bits per heavy atom. The fraction of sp³-hybridized carbons (Fsp3) is 0.320. The molecular weight excluding hydrogens is 438 g/mol. The molecule has 0 fully saturated rings. The molecule has 2 aromatic carbocycles. The van der Waals surface area contributed by atoms with Gasteiger partial charge < -0.3 is 26.6 Å². The maximum absolute atomic E-state index is 5.64. The topological polar surface area (TPSA) is 21.3 Å². The molecular formula is C25H30BrN3O. The molecule has 0 amide bonds. The number of halogens is 1. The van der Waals surface area contributed by atoms with E-state index in [2.05, 4.69) is 82.9 Å². The lowest BCUT2D eigenvalue weighted by molar-refractivity contribution is -0.604. The summed E-state index contributed by atoms with van der Waals surface area (Å²) in [5.41, 5.74) is 4.77. The summed E-state index contributed by atoms with van der Waals surface area (Å²) in [6.45, 7) is 1.07. The highest BCUT2D eigenvalue weighted by atomic mass is 79.9. The van der Waals surface area contributed by atoms with Crippen molar-refractivity contribution >= 4 is 17.8 Å². The standard InChI is InChI=1S/C25H30N3O.BrH/c1-26(2)21-15-12-20(13-16-21)14-17-22-19-28(23-9-6-7-10-24(23)29-3)25-11-5-4-8-18-27(22)25;/h6-7,9-10,12-17,19H,4-5,8,11,18H2,1-3H3;1H/q+1;/p-1/b17-14+;. The zero-order valence-corrected chi connectivity index (χ0v) is 19.6. The zero-order valence-electron chi connectivity index (χ0n) is 18.0. The second-order valence-corrected chi connectivity index (χ2v) is 7.79. The van der Waals surface area contributed by atoms with Crippen LogP contribution in [0.15, 0.2) is 54.7 Å². The van der Waals surface area contributed by atoms with Crippen LogP contribution in [-0.4, -0.2) is 25.8 Å². The van der Waals surface area contributed by atoms with Gasteiger partial charge in [0.25, 0.3) is 5.82 Å². The molecule has 0 radical (unpaired) electrons. The first-order chi connectivity index (χ1) is 14.2. The Labute approximate surface area is 190 Å². The van der Waals surface area contributed by atoms with Crippen molar-refractivity contribution in [3.8, 4) is 11.4 Å². The van der Waals surface area contributed by atoms with Crippen molar-refractivity contribution in [2.45, 2.75) is 32.2 Å². The molecule has 0 saturated heterocycles. The molecule has 4 rings (SSSR count). The van der Waals surface area contributed by atoms with Gasteiger partial charge in [0, 0.05) is 26.2 Å². The average molecular weight is 468 g/mol. The van der Waals surface area contributed by atoms with E-state index in [1.54, 1.807) is 7.11 Å². The van der Waals surface area contributed by atoms with Crippen LogP contribution in [0.1, 0.15) is 36.3 Å². The average Bonchev–Trinajstić information content (AvgIpc) is 2.92. The number of nitrogens with zero attached hydrogens (tertiary/aromatic N) is 3. The number of benzene rings is 2. The zero-order chi connectivity index (χ0) is 20.2. The fourth-order valence-electron chi connectivity index (χ4n) is 4.03. The van der Waals surface area contributed by atoms with E-state index in [-0.39, 0.29) is 17.0 Å². The molecule has 2 heterocycles.